The molecular formula is C11H11F3O2. The smallest absolute Gasteiger partial charge is 0.204 e. The lowest BCUT2D eigenvalue weighted by atomic mass is 10.3. The fraction of sp³-hybridized carbons (Fsp3) is 0.273. The molecule has 0 aliphatic rings. The van der Waals surface area contributed by atoms with Crippen molar-refractivity contribution in [2.45, 2.75) is 6.92 Å². The molecule has 16 heavy (non-hydrogen) atoms. The van der Waals surface area contributed by atoms with Crippen LogP contribution in [0.3, 0.4) is 0 Å². The van der Waals surface area contributed by atoms with E-state index in [0.717, 1.165) is 6.08 Å². The second kappa shape index (κ2) is 6.05. The Morgan fingerprint density at radius 2 is 1.69 bits per heavy atom. The molecule has 0 unspecified atom stereocenters. The van der Waals surface area contributed by atoms with Crippen molar-refractivity contribution in [3.63, 3.8) is 0 Å². The molecule has 1 rings (SSSR count). The van der Waals surface area contributed by atoms with E-state index in [1.54, 1.807) is 6.92 Å². The van der Waals surface area contributed by atoms with Crippen LogP contribution in [0.4, 0.5) is 13.2 Å². The molecule has 0 aromatic heterocycles. The molecule has 0 bridgehead atoms. The molecule has 0 atom stereocenters. The molecule has 0 radical (unpaired) electrons. The molecule has 0 aliphatic heterocycles. The van der Waals surface area contributed by atoms with Gasteiger partial charge in [-0.2, -0.15) is 8.78 Å². The molecule has 0 spiro atoms. The van der Waals surface area contributed by atoms with Crippen molar-refractivity contribution in [3.8, 4) is 11.5 Å². The first-order chi connectivity index (χ1) is 7.70. The fourth-order valence-corrected chi connectivity index (χ4v) is 1.07. The minimum atomic E-state index is -1.14. The van der Waals surface area contributed by atoms with Crippen molar-refractivity contribution >= 4 is 0 Å². The second-order valence-electron chi connectivity index (χ2n) is 2.80. The molecule has 0 aliphatic carbocycles. The summed E-state index contributed by atoms with van der Waals surface area (Å²) >= 11 is 0. The number of ether oxygens (including phenoxy) is 2. The van der Waals surface area contributed by atoms with Crippen molar-refractivity contribution in [2.24, 2.45) is 0 Å². The molecule has 1 aromatic rings. The van der Waals surface area contributed by atoms with Gasteiger partial charge in [-0.3, -0.25) is 0 Å². The zero-order valence-corrected chi connectivity index (χ0v) is 8.67. The molecule has 88 valence electrons. The molecule has 5 heteroatoms. The molecule has 0 heterocycles. The van der Waals surface area contributed by atoms with Crippen molar-refractivity contribution in [1.82, 2.24) is 0 Å². The number of benzene rings is 1. The number of halogens is 3. The first-order valence-electron chi connectivity index (χ1n) is 4.69. The average molecular weight is 232 g/mol. The Labute approximate surface area is 91.3 Å². The third kappa shape index (κ3) is 2.92. The van der Waals surface area contributed by atoms with Gasteiger partial charge in [0.2, 0.25) is 11.6 Å². The van der Waals surface area contributed by atoms with Crippen LogP contribution in [0, 0.1) is 11.6 Å². The third-order valence-corrected chi connectivity index (χ3v) is 1.74. The van der Waals surface area contributed by atoms with Crippen LogP contribution in [-0.2, 0) is 0 Å². The van der Waals surface area contributed by atoms with Gasteiger partial charge < -0.3 is 9.47 Å². The van der Waals surface area contributed by atoms with Gasteiger partial charge in [-0.05, 0) is 25.1 Å². The Morgan fingerprint density at radius 3 is 2.19 bits per heavy atom. The zero-order chi connectivity index (χ0) is 12.0. The van der Waals surface area contributed by atoms with Gasteiger partial charge in [0, 0.05) is 0 Å². The lowest BCUT2D eigenvalue weighted by molar-refractivity contribution is 0.298. The first kappa shape index (κ1) is 12.4. The normalized spacial score (nSPS) is 10.8. The number of rotatable bonds is 5. The molecule has 0 saturated carbocycles. The Balaban J connectivity index is 2.84. The maximum Gasteiger partial charge on any atom is 0.204 e. The lowest BCUT2D eigenvalue weighted by Gasteiger charge is -2.08. The van der Waals surface area contributed by atoms with Gasteiger partial charge >= 0.3 is 0 Å². The average Bonchev–Trinajstić information content (AvgIpc) is 2.28. The summed E-state index contributed by atoms with van der Waals surface area (Å²) in [6.07, 6.45) is 1.30. The maximum absolute atomic E-state index is 13.3. The van der Waals surface area contributed by atoms with E-state index in [0.29, 0.717) is 0 Å². The van der Waals surface area contributed by atoms with E-state index in [2.05, 4.69) is 0 Å². The first-order valence-corrected chi connectivity index (χ1v) is 4.69. The van der Waals surface area contributed by atoms with Crippen LogP contribution < -0.4 is 9.47 Å². The quantitative estimate of drug-likeness (QED) is 0.776. The van der Waals surface area contributed by atoms with Gasteiger partial charge in [0.25, 0.3) is 0 Å². The van der Waals surface area contributed by atoms with Crippen molar-refractivity contribution in [3.05, 3.63) is 36.2 Å². The summed E-state index contributed by atoms with van der Waals surface area (Å²) in [6.45, 7) is 1.73. The van der Waals surface area contributed by atoms with Gasteiger partial charge in [0.05, 0.1) is 12.9 Å². The number of hydrogen-bond acceptors (Lipinski definition) is 2. The van der Waals surface area contributed by atoms with Crippen molar-refractivity contribution < 1.29 is 22.6 Å². The molecule has 0 N–H and O–H groups in total. The lowest BCUT2D eigenvalue weighted by Crippen LogP contribution is -2.01. The highest BCUT2D eigenvalue weighted by atomic mass is 19.2. The van der Waals surface area contributed by atoms with Gasteiger partial charge in [0.15, 0.2) is 11.5 Å². The van der Waals surface area contributed by atoms with Crippen LogP contribution in [0.2, 0.25) is 0 Å². The molecule has 0 amide bonds. The van der Waals surface area contributed by atoms with Gasteiger partial charge in [-0.1, -0.05) is 0 Å². The van der Waals surface area contributed by atoms with E-state index in [1.807, 2.05) is 0 Å². The van der Waals surface area contributed by atoms with E-state index in [9.17, 15) is 13.2 Å². The Hall–Kier alpha value is -1.65. The molecular weight excluding hydrogens is 221 g/mol. The topological polar surface area (TPSA) is 18.5 Å². The fourth-order valence-electron chi connectivity index (χ4n) is 1.07. The van der Waals surface area contributed by atoms with Crippen LogP contribution in [0.1, 0.15) is 6.92 Å². The van der Waals surface area contributed by atoms with E-state index in [-0.39, 0.29) is 31.0 Å². The highest BCUT2D eigenvalue weighted by molar-refractivity contribution is 5.35. The summed E-state index contributed by atoms with van der Waals surface area (Å²) in [5, 5.41) is 0. The Morgan fingerprint density at radius 1 is 1.12 bits per heavy atom. The van der Waals surface area contributed by atoms with Crippen molar-refractivity contribution in [2.75, 3.05) is 13.2 Å². The maximum atomic E-state index is 13.3. The van der Waals surface area contributed by atoms with E-state index in [4.69, 9.17) is 9.47 Å². The van der Waals surface area contributed by atoms with Crippen LogP contribution in [0.15, 0.2) is 24.5 Å². The molecule has 2 nitrogen and oxygen atoms in total. The van der Waals surface area contributed by atoms with E-state index in [1.165, 1.54) is 12.1 Å². The van der Waals surface area contributed by atoms with Crippen LogP contribution >= 0.6 is 0 Å². The van der Waals surface area contributed by atoms with Crippen LogP contribution in [-0.4, -0.2) is 13.2 Å². The minimum Gasteiger partial charge on any atom is -0.491 e. The van der Waals surface area contributed by atoms with Gasteiger partial charge in [-0.15, -0.1) is 0 Å². The minimum absolute atomic E-state index is 0.166. The SMILES string of the molecule is CCOc1ccc(OC/C=C/F)c(F)c1F. The largest absolute Gasteiger partial charge is 0.491 e. The van der Waals surface area contributed by atoms with Crippen LogP contribution in [0.25, 0.3) is 0 Å². The highest BCUT2D eigenvalue weighted by Crippen LogP contribution is 2.27. The monoisotopic (exact) mass is 232 g/mol. The predicted octanol–water partition coefficient (Wildman–Crippen LogP) is 3.23. The van der Waals surface area contributed by atoms with E-state index >= 15 is 0 Å². The predicted molar refractivity (Wildman–Crippen MR) is 53.3 cm³/mol. The summed E-state index contributed by atoms with van der Waals surface area (Å²) in [7, 11) is 0. The summed E-state index contributed by atoms with van der Waals surface area (Å²) in [4.78, 5) is 0. The van der Waals surface area contributed by atoms with E-state index < -0.39 is 11.6 Å². The van der Waals surface area contributed by atoms with Crippen molar-refractivity contribution in [1.29, 1.82) is 0 Å². The highest BCUT2D eigenvalue weighted by Gasteiger charge is 2.14. The Bertz CT molecular complexity index is 378. The van der Waals surface area contributed by atoms with Gasteiger partial charge in [-0.25, -0.2) is 4.39 Å². The van der Waals surface area contributed by atoms with Crippen LogP contribution in [0.5, 0.6) is 11.5 Å². The second-order valence-corrected chi connectivity index (χ2v) is 2.80. The third-order valence-electron chi connectivity index (χ3n) is 1.74. The Kier molecular flexibility index (Phi) is 4.69. The standard InChI is InChI=1S/C11H11F3O2/c1-2-15-8-4-5-9(11(14)10(8)13)16-7-3-6-12/h3-6H,2,7H2,1H3/b6-3+. The summed E-state index contributed by atoms with van der Waals surface area (Å²) in [6, 6.07) is 2.49. The molecule has 0 saturated heterocycles. The number of hydrogen-bond donors (Lipinski definition) is 0. The molecule has 1 aromatic carbocycles. The summed E-state index contributed by atoms with van der Waals surface area (Å²) in [5.74, 6) is -2.70. The summed E-state index contributed by atoms with van der Waals surface area (Å²) < 4.78 is 47.8. The zero-order valence-electron chi connectivity index (χ0n) is 8.67. The summed E-state index contributed by atoms with van der Waals surface area (Å²) in [5.41, 5.74) is 0. The molecule has 0 fully saturated rings. The van der Waals surface area contributed by atoms with Gasteiger partial charge in [0.1, 0.15) is 6.61 Å².